The predicted molar refractivity (Wildman–Crippen MR) is 67.6 cm³/mol. The summed E-state index contributed by atoms with van der Waals surface area (Å²) < 4.78 is 17.6. The van der Waals surface area contributed by atoms with E-state index in [0.29, 0.717) is 6.42 Å². The maximum absolute atomic E-state index is 12.5. The standard InChI is InChI=1S/C12H23FO2S/c1-9(2)15-12(14)11(4)16-8-6-5-7-10(3)13/h9-11H,5-8H2,1-4H3. The van der Waals surface area contributed by atoms with Crippen LogP contribution < -0.4 is 0 Å². The Bertz CT molecular complexity index is 195. The van der Waals surface area contributed by atoms with Crippen molar-refractivity contribution < 1.29 is 13.9 Å². The fraction of sp³-hybridized carbons (Fsp3) is 0.917. The zero-order valence-corrected chi connectivity index (χ0v) is 11.5. The van der Waals surface area contributed by atoms with Crippen LogP contribution in [-0.2, 0) is 9.53 Å². The second kappa shape index (κ2) is 8.85. The molecule has 0 aliphatic carbocycles. The molecule has 0 bridgehead atoms. The Balaban J connectivity index is 3.49. The molecule has 96 valence electrons. The van der Waals surface area contributed by atoms with Crippen molar-refractivity contribution in [3.05, 3.63) is 0 Å². The van der Waals surface area contributed by atoms with Gasteiger partial charge in [0.05, 0.1) is 17.5 Å². The van der Waals surface area contributed by atoms with Gasteiger partial charge in [-0.05, 0) is 52.7 Å². The van der Waals surface area contributed by atoms with Crippen LogP contribution in [0, 0.1) is 0 Å². The normalized spacial score (nSPS) is 14.9. The fourth-order valence-electron chi connectivity index (χ4n) is 1.18. The Morgan fingerprint density at radius 3 is 2.38 bits per heavy atom. The first-order valence-corrected chi connectivity index (χ1v) is 6.94. The van der Waals surface area contributed by atoms with Crippen LogP contribution in [0.1, 0.15) is 47.0 Å². The van der Waals surface area contributed by atoms with Gasteiger partial charge >= 0.3 is 5.97 Å². The summed E-state index contributed by atoms with van der Waals surface area (Å²) in [6.45, 7) is 7.12. The minimum absolute atomic E-state index is 0.0528. The molecule has 0 aromatic rings. The first-order valence-electron chi connectivity index (χ1n) is 5.89. The number of hydrogen-bond acceptors (Lipinski definition) is 3. The molecule has 2 unspecified atom stereocenters. The van der Waals surface area contributed by atoms with Crippen molar-refractivity contribution in [2.24, 2.45) is 0 Å². The molecule has 0 rings (SSSR count). The molecule has 0 aromatic heterocycles. The second-order valence-corrected chi connectivity index (χ2v) is 5.72. The second-order valence-electron chi connectivity index (χ2n) is 4.28. The van der Waals surface area contributed by atoms with Gasteiger partial charge in [0.15, 0.2) is 0 Å². The van der Waals surface area contributed by atoms with Gasteiger partial charge in [-0.3, -0.25) is 4.79 Å². The van der Waals surface area contributed by atoms with E-state index < -0.39 is 6.17 Å². The summed E-state index contributed by atoms with van der Waals surface area (Å²) in [4.78, 5) is 11.4. The molecule has 0 aliphatic rings. The molecule has 0 aromatic carbocycles. The van der Waals surface area contributed by atoms with Crippen LogP contribution in [0.3, 0.4) is 0 Å². The van der Waals surface area contributed by atoms with Crippen molar-refractivity contribution in [3.63, 3.8) is 0 Å². The minimum atomic E-state index is -0.715. The summed E-state index contributed by atoms with van der Waals surface area (Å²) in [7, 11) is 0. The van der Waals surface area contributed by atoms with Crippen LogP contribution in [0.4, 0.5) is 4.39 Å². The van der Waals surface area contributed by atoms with E-state index in [1.807, 2.05) is 20.8 Å². The highest BCUT2D eigenvalue weighted by molar-refractivity contribution is 8.00. The first kappa shape index (κ1) is 15.8. The minimum Gasteiger partial charge on any atom is -0.462 e. The smallest absolute Gasteiger partial charge is 0.319 e. The lowest BCUT2D eigenvalue weighted by atomic mass is 10.2. The molecule has 0 saturated carbocycles. The number of halogens is 1. The van der Waals surface area contributed by atoms with Crippen LogP contribution in [0.2, 0.25) is 0 Å². The number of hydrogen-bond donors (Lipinski definition) is 0. The summed E-state index contributed by atoms with van der Waals surface area (Å²) in [5.74, 6) is 0.736. The van der Waals surface area contributed by atoms with E-state index >= 15 is 0 Å². The topological polar surface area (TPSA) is 26.3 Å². The molecule has 2 nitrogen and oxygen atoms in total. The number of esters is 1. The summed E-state index contributed by atoms with van der Waals surface area (Å²) in [5.41, 5.74) is 0. The van der Waals surface area contributed by atoms with E-state index in [0.717, 1.165) is 18.6 Å². The highest BCUT2D eigenvalue weighted by Crippen LogP contribution is 2.16. The Kier molecular flexibility index (Phi) is 8.71. The third-order valence-corrected chi connectivity index (χ3v) is 3.26. The molecule has 2 atom stereocenters. The van der Waals surface area contributed by atoms with Gasteiger partial charge in [-0.25, -0.2) is 4.39 Å². The Morgan fingerprint density at radius 2 is 1.88 bits per heavy atom. The number of carbonyl (C=O) groups is 1. The molecule has 0 heterocycles. The fourth-order valence-corrected chi connectivity index (χ4v) is 2.10. The number of unbranched alkanes of at least 4 members (excludes halogenated alkanes) is 1. The van der Waals surface area contributed by atoms with Crippen LogP contribution in [0.5, 0.6) is 0 Å². The number of carbonyl (C=O) groups excluding carboxylic acids is 1. The van der Waals surface area contributed by atoms with Crippen LogP contribution in [-0.4, -0.2) is 29.2 Å². The van der Waals surface area contributed by atoms with Gasteiger partial charge in [0, 0.05) is 0 Å². The largest absolute Gasteiger partial charge is 0.462 e. The monoisotopic (exact) mass is 250 g/mol. The highest BCUT2D eigenvalue weighted by atomic mass is 32.2. The van der Waals surface area contributed by atoms with Crippen molar-refractivity contribution in [1.82, 2.24) is 0 Å². The Morgan fingerprint density at radius 1 is 1.25 bits per heavy atom. The molecular formula is C12H23FO2S. The van der Waals surface area contributed by atoms with Crippen molar-refractivity contribution in [2.45, 2.75) is 64.5 Å². The van der Waals surface area contributed by atoms with Crippen molar-refractivity contribution in [3.8, 4) is 0 Å². The van der Waals surface area contributed by atoms with Gasteiger partial charge in [-0.2, -0.15) is 0 Å². The number of ether oxygens (including phenoxy) is 1. The SMILES string of the molecule is CC(F)CCCCSC(C)C(=O)OC(C)C. The summed E-state index contributed by atoms with van der Waals surface area (Å²) in [6, 6.07) is 0. The third-order valence-electron chi connectivity index (χ3n) is 2.05. The third kappa shape index (κ3) is 9.01. The van der Waals surface area contributed by atoms with Crippen molar-refractivity contribution in [1.29, 1.82) is 0 Å². The average Bonchev–Trinajstić information content (AvgIpc) is 2.15. The molecule has 0 aliphatic heterocycles. The zero-order valence-electron chi connectivity index (χ0n) is 10.7. The van der Waals surface area contributed by atoms with Gasteiger partial charge in [0.2, 0.25) is 0 Å². The Hall–Kier alpha value is -0.250. The molecular weight excluding hydrogens is 227 g/mol. The number of thioether (sulfide) groups is 1. The quantitative estimate of drug-likeness (QED) is 0.486. The van der Waals surface area contributed by atoms with E-state index in [9.17, 15) is 9.18 Å². The first-order chi connectivity index (χ1) is 7.43. The van der Waals surface area contributed by atoms with Crippen LogP contribution >= 0.6 is 11.8 Å². The average molecular weight is 250 g/mol. The number of alkyl halides is 1. The van der Waals surface area contributed by atoms with E-state index in [1.165, 1.54) is 0 Å². The van der Waals surface area contributed by atoms with Gasteiger partial charge < -0.3 is 4.74 Å². The predicted octanol–water partition coefficient (Wildman–Crippen LogP) is 3.59. The molecule has 4 heteroatoms. The van der Waals surface area contributed by atoms with E-state index in [1.54, 1.807) is 18.7 Å². The molecule has 0 radical (unpaired) electrons. The van der Waals surface area contributed by atoms with Gasteiger partial charge in [0.25, 0.3) is 0 Å². The lowest BCUT2D eigenvalue weighted by molar-refractivity contribution is -0.146. The highest BCUT2D eigenvalue weighted by Gasteiger charge is 2.15. The molecule has 0 amide bonds. The van der Waals surface area contributed by atoms with Crippen molar-refractivity contribution in [2.75, 3.05) is 5.75 Å². The van der Waals surface area contributed by atoms with Gasteiger partial charge in [0.1, 0.15) is 0 Å². The molecule has 0 N–H and O–H groups in total. The molecule has 0 spiro atoms. The zero-order chi connectivity index (χ0) is 12.6. The van der Waals surface area contributed by atoms with Gasteiger partial charge in [-0.1, -0.05) is 0 Å². The van der Waals surface area contributed by atoms with Crippen molar-refractivity contribution >= 4 is 17.7 Å². The van der Waals surface area contributed by atoms with Gasteiger partial charge in [-0.15, -0.1) is 11.8 Å². The van der Waals surface area contributed by atoms with E-state index in [2.05, 4.69) is 0 Å². The Labute approximate surface area is 102 Å². The molecule has 0 saturated heterocycles. The number of rotatable bonds is 8. The van der Waals surface area contributed by atoms with Crippen LogP contribution in [0.15, 0.2) is 0 Å². The summed E-state index contributed by atoms with van der Waals surface area (Å²) in [5, 5.41) is -0.120. The summed E-state index contributed by atoms with van der Waals surface area (Å²) in [6.07, 6.45) is 1.69. The lowest BCUT2D eigenvalue weighted by Gasteiger charge is -2.13. The molecule has 16 heavy (non-hydrogen) atoms. The molecule has 0 fully saturated rings. The maximum atomic E-state index is 12.5. The van der Waals surface area contributed by atoms with E-state index in [-0.39, 0.29) is 17.3 Å². The maximum Gasteiger partial charge on any atom is 0.319 e. The summed E-state index contributed by atoms with van der Waals surface area (Å²) >= 11 is 1.58. The van der Waals surface area contributed by atoms with Crippen LogP contribution in [0.25, 0.3) is 0 Å². The lowest BCUT2D eigenvalue weighted by Crippen LogP contribution is -2.21. The van der Waals surface area contributed by atoms with E-state index in [4.69, 9.17) is 4.74 Å².